The van der Waals surface area contributed by atoms with Crippen LogP contribution < -0.4 is 20.9 Å². The Balaban J connectivity index is 1.35. The lowest BCUT2D eigenvalue weighted by Gasteiger charge is -2.27. The zero-order valence-corrected chi connectivity index (χ0v) is 22.0. The van der Waals surface area contributed by atoms with Gasteiger partial charge in [-0.2, -0.15) is 9.97 Å². The summed E-state index contributed by atoms with van der Waals surface area (Å²) < 4.78 is 5.44. The molecule has 1 saturated heterocycles. The molecule has 1 fully saturated rings. The van der Waals surface area contributed by atoms with Crippen molar-refractivity contribution in [2.45, 2.75) is 13.3 Å². The number of likely N-dealkylation sites (N-methyl/N-ethyl adjacent to an activating group) is 1. The van der Waals surface area contributed by atoms with Gasteiger partial charge in [0.15, 0.2) is 5.82 Å². The Morgan fingerprint density at radius 3 is 2.16 bits per heavy atom. The number of amides is 3. The summed E-state index contributed by atoms with van der Waals surface area (Å²) in [6, 6.07) is 13.7. The van der Waals surface area contributed by atoms with Crippen molar-refractivity contribution in [3.63, 3.8) is 0 Å². The van der Waals surface area contributed by atoms with Crippen LogP contribution in [0.2, 0.25) is 0 Å². The van der Waals surface area contributed by atoms with Crippen LogP contribution in [0, 0.1) is 0 Å². The van der Waals surface area contributed by atoms with Crippen molar-refractivity contribution < 1.29 is 14.3 Å². The Bertz CT molecular complexity index is 1230. The number of aryl methyl sites for hydroxylation is 1. The Kier molecular flexibility index (Phi) is 9.17. The number of carbonyl (C=O) groups is 2. The van der Waals surface area contributed by atoms with Gasteiger partial charge in [0.1, 0.15) is 5.82 Å². The third-order valence-corrected chi connectivity index (χ3v) is 5.93. The average Bonchev–Trinajstić information content (AvgIpc) is 2.93. The van der Waals surface area contributed by atoms with Gasteiger partial charge in [-0.1, -0.05) is 6.92 Å². The average molecular weight is 519 g/mol. The normalized spacial score (nSPS) is 13.3. The molecule has 0 radical (unpaired) electrons. The molecule has 0 saturated carbocycles. The van der Waals surface area contributed by atoms with E-state index in [1.54, 1.807) is 36.4 Å². The lowest BCUT2D eigenvalue weighted by Crippen LogP contribution is -2.37. The van der Waals surface area contributed by atoms with Gasteiger partial charge >= 0.3 is 6.03 Å². The summed E-state index contributed by atoms with van der Waals surface area (Å²) in [4.78, 5) is 42.7. The number of morpholine rings is 1. The van der Waals surface area contributed by atoms with Crippen LogP contribution in [0.5, 0.6) is 0 Å². The molecular formula is C27H34N8O3. The number of urea groups is 1. The molecule has 11 heteroatoms. The van der Waals surface area contributed by atoms with Crippen LogP contribution in [0.25, 0.3) is 11.4 Å². The maximum Gasteiger partial charge on any atom is 0.323 e. The van der Waals surface area contributed by atoms with Gasteiger partial charge in [0.25, 0.3) is 5.91 Å². The van der Waals surface area contributed by atoms with E-state index in [1.165, 1.54) is 0 Å². The van der Waals surface area contributed by atoms with Crippen LogP contribution in [0.15, 0.2) is 48.5 Å². The Morgan fingerprint density at radius 2 is 1.55 bits per heavy atom. The van der Waals surface area contributed by atoms with Gasteiger partial charge in [-0.25, -0.2) is 9.78 Å². The second-order valence-corrected chi connectivity index (χ2v) is 9.12. The fourth-order valence-corrected chi connectivity index (χ4v) is 3.80. The first-order chi connectivity index (χ1) is 18.4. The Hall–Kier alpha value is -4.09. The number of nitrogens with one attached hydrogen (secondary N) is 3. The van der Waals surface area contributed by atoms with Gasteiger partial charge < -0.3 is 30.5 Å². The van der Waals surface area contributed by atoms with Crippen molar-refractivity contribution in [1.29, 1.82) is 0 Å². The number of nitrogens with zero attached hydrogens (tertiary/aromatic N) is 5. The molecule has 0 unspecified atom stereocenters. The summed E-state index contributed by atoms with van der Waals surface area (Å²) in [5, 5.41) is 8.47. The van der Waals surface area contributed by atoms with Gasteiger partial charge in [-0.3, -0.25) is 4.79 Å². The first kappa shape index (κ1) is 27.0. The molecule has 3 amide bonds. The van der Waals surface area contributed by atoms with Gasteiger partial charge in [-0.15, -0.1) is 0 Å². The molecule has 0 aliphatic carbocycles. The number of rotatable bonds is 9. The molecule has 2 heterocycles. The third kappa shape index (κ3) is 7.46. The quantitative estimate of drug-likeness (QED) is 0.395. The van der Waals surface area contributed by atoms with Crippen molar-refractivity contribution in [3.8, 4) is 11.4 Å². The maximum absolute atomic E-state index is 12.5. The second kappa shape index (κ2) is 12.9. The van der Waals surface area contributed by atoms with Crippen LogP contribution in [0.1, 0.15) is 23.1 Å². The highest BCUT2D eigenvalue weighted by molar-refractivity contribution is 6.00. The zero-order chi connectivity index (χ0) is 26.9. The second-order valence-electron chi connectivity index (χ2n) is 9.12. The molecule has 0 bridgehead atoms. The van der Waals surface area contributed by atoms with E-state index in [1.807, 2.05) is 38.1 Å². The fraction of sp³-hybridized carbons (Fsp3) is 0.370. The van der Waals surface area contributed by atoms with Crippen LogP contribution in [0.3, 0.4) is 0 Å². The predicted molar refractivity (Wildman–Crippen MR) is 148 cm³/mol. The summed E-state index contributed by atoms with van der Waals surface area (Å²) in [7, 11) is 3.90. The largest absolute Gasteiger partial charge is 0.378 e. The van der Waals surface area contributed by atoms with Gasteiger partial charge in [0.2, 0.25) is 5.95 Å². The number of hydrogen-bond donors (Lipinski definition) is 3. The molecule has 1 aliphatic heterocycles. The topological polar surface area (TPSA) is 125 Å². The monoisotopic (exact) mass is 518 g/mol. The highest BCUT2D eigenvalue weighted by Crippen LogP contribution is 2.21. The van der Waals surface area contributed by atoms with Gasteiger partial charge in [-0.05, 0) is 62.6 Å². The SMILES string of the molecule is CCc1nc(-c2ccc(NC(=O)Nc3ccc(C(=O)NCCN(C)C)cc3)cc2)nc(N2CCOCC2)n1. The van der Waals surface area contributed by atoms with Crippen molar-refractivity contribution >= 4 is 29.3 Å². The molecule has 0 spiro atoms. The molecule has 3 N–H and O–H groups in total. The summed E-state index contributed by atoms with van der Waals surface area (Å²) in [5.41, 5.74) is 2.58. The summed E-state index contributed by atoms with van der Waals surface area (Å²) in [6.07, 6.45) is 0.703. The number of aromatic nitrogens is 3. The minimum atomic E-state index is -0.385. The Labute approximate surface area is 222 Å². The van der Waals surface area contributed by atoms with E-state index in [4.69, 9.17) is 4.74 Å². The number of hydrogen-bond acceptors (Lipinski definition) is 8. The lowest BCUT2D eigenvalue weighted by molar-refractivity contribution is 0.0951. The van der Waals surface area contributed by atoms with Gasteiger partial charge in [0.05, 0.1) is 13.2 Å². The molecule has 38 heavy (non-hydrogen) atoms. The maximum atomic E-state index is 12.5. The predicted octanol–water partition coefficient (Wildman–Crippen LogP) is 2.87. The van der Waals surface area contributed by atoms with Crippen LogP contribution in [-0.4, -0.2) is 85.3 Å². The molecule has 0 atom stereocenters. The minimum absolute atomic E-state index is 0.149. The third-order valence-electron chi connectivity index (χ3n) is 5.93. The number of ether oxygens (including phenoxy) is 1. The molecule has 3 aromatic rings. The van der Waals surface area contributed by atoms with E-state index in [0.29, 0.717) is 54.9 Å². The minimum Gasteiger partial charge on any atom is -0.378 e. The van der Waals surface area contributed by atoms with E-state index >= 15 is 0 Å². The lowest BCUT2D eigenvalue weighted by atomic mass is 10.2. The molecule has 1 aliphatic rings. The van der Waals surface area contributed by atoms with Crippen molar-refractivity contribution in [2.24, 2.45) is 0 Å². The van der Waals surface area contributed by atoms with Gasteiger partial charge in [0, 0.05) is 55.1 Å². The molecule has 2 aromatic carbocycles. The first-order valence-corrected chi connectivity index (χ1v) is 12.7. The zero-order valence-electron chi connectivity index (χ0n) is 22.0. The number of carbonyl (C=O) groups excluding carboxylic acids is 2. The van der Waals surface area contributed by atoms with E-state index in [9.17, 15) is 9.59 Å². The smallest absolute Gasteiger partial charge is 0.323 e. The summed E-state index contributed by atoms with van der Waals surface area (Å²) >= 11 is 0. The van der Waals surface area contributed by atoms with Crippen LogP contribution in [0.4, 0.5) is 22.1 Å². The highest BCUT2D eigenvalue weighted by Gasteiger charge is 2.17. The number of benzene rings is 2. The molecular weight excluding hydrogens is 484 g/mol. The standard InChI is InChI=1S/C27H34N8O3/c1-4-23-31-24(33-26(32-23)35-15-17-38-18-16-35)19-5-9-21(10-6-19)29-27(37)30-22-11-7-20(8-12-22)25(36)28-13-14-34(2)3/h5-12H,4,13-18H2,1-3H3,(H,28,36)(H2,29,30,37). The van der Waals surface area contributed by atoms with E-state index in [-0.39, 0.29) is 11.9 Å². The van der Waals surface area contributed by atoms with Crippen molar-refractivity contribution in [1.82, 2.24) is 25.2 Å². The van der Waals surface area contributed by atoms with Crippen LogP contribution >= 0.6 is 0 Å². The van der Waals surface area contributed by atoms with Crippen molar-refractivity contribution in [3.05, 3.63) is 59.9 Å². The summed E-state index contributed by atoms with van der Waals surface area (Å²) in [5.74, 6) is 1.84. The van der Waals surface area contributed by atoms with E-state index < -0.39 is 0 Å². The Morgan fingerprint density at radius 1 is 0.921 bits per heavy atom. The molecule has 4 rings (SSSR count). The first-order valence-electron chi connectivity index (χ1n) is 12.7. The summed E-state index contributed by atoms with van der Waals surface area (Å²) in [6.45, 7) is 6.15. The van der Waals surface area contributed by atoms with E-state index in [0.717, 1.165) is 31.0 Å². The van der Waals surface area contributed by atoms with Crippen molar-refractivity contribution in [2.75, 3.05) is 69.0 Å². The molecule has 1 aromatic heterocycles. The number of anilines is 3. The fourth-order valence-electron chi connectivity index (χ4n) is 3.80. The molecule has 11 nitrogen and oxygen atoms in total. The van der Waals surface area contributed by atoms with E-state index in [2.05, 4.69) is 35.8 Å². The molecule has 200 valence electrons. The van der Waals surface area contributed by atoms with Crippen LogP contribution in [-0.2, 0) is 11.2 Å². The highest BCUT2D eigenvalue weighted by atomic mass is 16.5.